The summed E-state index contributed by atoms with van der Waals surface area (Å²) in [4.78, 5) is 16.6. The summed E-state index contributed by atoms with van der Waals surface area (Å²) in [6, 6.07) is 12.2. The second-order valence-corrected chi connectivity index (χ2v) is 10.8. The summed E-state index contributed by atoms with van der Waals surface area (Å²) in [5.41, 5.74) is 0.456. The van der Waals surface area contributed by atoms with Crippen molar-refractivity contribution in [1.82, 2.24) is 9.62 Å². The molecule has 2 aromatic carbocycles. The van der Waals surface area contributed by atoms with Crippen LogP contribution in [0.4, 0.5) is 0 Å². The molecule has 0 unspecified atom stereocenters. The summed E-state index contributed by atoms with van der Waals surface area (Å²) in [5, 5.41) is 0.669. The Bertz CT molecular complexity index is 959. The van der Waals surface area contributed by atoms with Crippen LogP contribution in [0.15, 0.2) is 57.2 Å². The van der Waals surface area contributed by atoms with E-state index in [1.54, 1.807) is 40.9 Å². The molecule has 9 heteroatoms. The Hall–Kier alpha value is -1.19. The number of likely N-dealkylation sites (tertiary alicyclic amines) is 1. The molecule has 0 atom stereocenters. The predicted octanol–water partition coefficient (Wildman–Crippen LogP) is 4.37. The fraction of sp³-hybridized carbons (Fsp3) is 0.350. The van der Waals surface area contributed by atoms with E-state index < -0.39 is 10.0 Å². The zero-order valence-electron chi connectivity index (χ0n) is 16.1. The SMILES string of the molecule is CSc1ccc(S(=O)(=O)NCCSc2ccc(Cl)cc2)cc1C(=O)N1CCCC1. The van der Waals surface area contributed by atoms with Crippen molar-refractivity contribution in [2.45, 2.75) is 27.5 Å². The molecule has 0 saturated carbocycles. The van der Waals surface area contributed by atoms with Gasteiger partial charge in [-0.15, -0.1) is 23.5 Å². The van der Waals surface area contributed by atoms with Gasteiger partial charge in [-0.3, -0.25) is 4.79 Å². The van der Waals surface area contributed by atoms with Crippen molar-refractivity contribution < 1.29 is 13.2 Å². The molecule has 0 radical (unpaired) electrons. The third-order valence-corrected chi connectivity index (χ3v) is 8.10. The Balaban J connectivity index is 1.66. The summed E-state index contributed by atoms with van der Waals surface area (Å²) in [6.07, 6.45) is 3.87. The van der Waals surface area contributed by atoms with Gasteiger partial charge in [-0.05, 0) is 61.6 Å². The monoisotopic (exact) mass is 470 g/mol. The molecule has 1 N–H and O–H groups in total. The Morgan fingerprint density at radius 3 is 2.48 bits per heavy atom. The molecule has 0 bridgehead atoms. The number of carbonyl (C=O) groups excluding carboxylic acids is 1. The molecule has 5 nitrogen and oxygen atoms in total. The zero-order valence-corrected chi connectivity index (χ0v) is 19.3. The number of amides is 1. The number of nitrogens with zero attached hydrogens (tertiary/aromatic N) is 1. The van der Waals surface area contributed by atoms with E-state index in [-0.39, 0.29) is 17.3 Å². The first-order valence-electron chi connectivity index (χ1n) is 9.26. The van der Waals surface area contributed by atoms with E-state index in [0.29, 0.717) is 16.3 Å². The second-order valence-electron chi connectivity index (χ2n) is 6.56. The molecular formula is C20H23ClN2O3S3. The topological polar surface area (TPSA) is 66.5 Å². The van der Waals surface area contributed by atoms with Gasteiger partial charge in [0.2, 0.25) is 10.0 Å². The second kappa shape index (κ2) is 10.2. The van der Waals surface area contributed by atoms with Crippen molar-refractivity contribution in [1.29, 1.82) is 0 Å². The molecule has 1 aliphatic heterocycles. The predicted molar refractivity (Wildman–Crippen MR) is 121 cm³/mol. The summed E-state index contributed by atoms with van der Waals surface area (Å²) in [6.45, 7) is 1.74. The van der Waals surface area contributed by atoms with E-state index >= 15 is 0 Å². The number of benzene rings is 2. The van der Waals surface area contributed by atoms with Crippen molar-refractivity contribution in [3.63, 3.8) is 0 Å². The Labute approximate surface area is 185 Å². The van der Waals surface area contributed by atoms with Crippen LogP contribution in [0, 0.1) is 0 Å². The molecule has 0 spiro atoms. The Morgan fingerprint density at radius 1 is 1.14 bits per heavy atom. The van der Waals surface area contributed by atoms with Crippen LogP contribution in [0.5, 0.6) is 0 Å². The van der Waals surface area contributed by atoms with Gasteiger partial charge in [0.05, 0.1) is 10.5 Å². The van der Waals surface area contributed by atoms with Crippen LogP contribution in [0.25, 0.3) is 0 Å². The van der Waals surface area contributed by atoms with Gasteiger partial charge >= 0.3 is 0 Å². The lowest BCUT2D eigenvalue weighted by Crippen LogP contribution is -2.29. The highest BCUT2D eigenvalue weighted by Crippen LogP contribution is 2.26. The fourth-order valence-electron chi connectivity index (χ4n) is 3.07. The van der Waals surface area contributed by atoms with Crippen LogP contribution in [-0.4, -0.2) is 50.9 Å². The lowest BCUT2D eigenvalue weighted by atomic mass is 10.2. The van der Waals surface area contributed by atoms with Crippen LogP contribution >= 0.6 is 35.1 Å². The number of rotatable bonds is 8. The minimum absolute atomic E-state index is 0.0952. The number of thioether (sulfide) groups is 2. The zero-order chi connectivity index (χ0) is 20.9. The smallest absolute Gasteiger partial charge is 0.255 e. The molecule has 29 heavy (non-hydrogen) atoms. The molecule has 0 aromatic heterocycles. The van der Waals surface area contributed by atoms with Crippen LogP contribution in [0.1, 0.15) is 23.2 Å². The normalized spacial score (nSPS) is 14.3. The molecule has 1 aliphatic rings. The largest absolute Gasteiger partial charge is 0.339 e. The lowest BCUT2D eigenvalue weighted by molar-refractivity contribution is 0.0789. The maximum atomic E-state index is 12.8. The van der Waals surface area contributed by atoms with Crippen molar-refractivity contribution >= 4 is 51.1 Å². The first kappa shape index (κ1) is 22.5. The third kappa shape index (κ3) is 5.92. The lowest BCUT2D eigenvalue weighted by Gasteiger charge is -2.18. The van der Waals surface area contributed by atoms with Crippen molar-refractivity contribution in [2.75, 3.05) is 31.6 Å². The summed E-state index contributed by atoms with van der Waals surface area (Å²) in [7, 11) is -3.69. The van der Waals surface area contributed by atoms with E-state index in [4.69, 9.17) is 11.6 Å². The Kier molecular flexibility index (Phi) is 7.92. The molecule has 1 fully saturated rings. The molecule has 1 saturated heterocycles. The van der Waals surface area contributed by atoms with Crippen LogP contribution in [0.2, 0.25) is 5.02 Å². The number of hydrogen-bond donors (Lipinski definition) is 1. The molecule has 1 amide bonds. The number of nitrogens with one attached hydrogen (secondary N) is 1. The van der Waals surface area contributed by atoms with Crippen molar-refractivity contribution in [3.8, 4) is 0 Å². The molecular weight excluding hydrogens is 448 g/mol. The highest BCUT2D eigenvalue weighted by molar-refractivity contribution is 7.99. The summed E-state index contributed by atoms with van der Waals surface area (Å²) < 4.78 is 28.1. The van der Waals surface area contributed by atoms with Gasteiger partial charge in [0, 0.05) is 40.2 Å². The van der Waals surface area contributed by atoms with Gasteiger partial charge in [-0.25, -0.2) is 13.1 Å². The fourth-order valence-corrected chi connectivity index (χ4v) is 5.72. The van der Waals surface area contributed by atoms with E-state index in [1.165, 1.54) is 17.8 Å². The number of hydrogen-bond acceptors (Lipinski definition) is 5. The van der Waals surface area contributed by atoms with Gasteiger partial charge < -0.3 is 4.90 Å². The quantitative estimate of drug-likeness (QED) is 0.458. The highest BCUT2D eigenvalue weighted by Gasteiger charge is 2.24. The maximum Gasteiger partial charge on any atom is 0.255 e. The molecule has 1 heterocycles. The van der Waals surface area contributed by atoms with Crippen LogP contribution in [-0.2, 0) is 10.0 Å². The van der Waals surface area contributed by atoms with Crippen LogP contribution in [0.3, 0.4) is 0 Å². The first-order chi connectivity index (χ1) is 13.9. The minimum Gasteiger partial charge on any atom is -0.339 e. The van der Waals surface area contributed by atoms with Crippen molar-refractivity contribution in [3.05, 3.63) is 53.1 Å². The Morgan fingerprint density at radius 2 is 1.83 bits per heavy atom. The standard InChI is InChI=1S/C20H23ClN2O3S3/c1-27-19-9-8-17(14-18(19)20(24)23-11-2-3-12-23)29(25,26)22-10-13-28-16-6-4-15(21)5-7-16/h4-9,14,22H,2-3,10-13H2,1H3. The van der Waals surface area contributed by atoms with Gasteiger partial charge in [-0.2, -0.15) is 0 Å². The summed E-state index contributed by atoms with van der Waals surface area (Å²) in [5.74, 6) is 0.491. The van der Waals surface area contributed by atoms with Gasteiger partial charge in [0.15, 0.2) is 0 Å². The average Bonchev–Trinajstić information content (AvgIpc) is 3.26. The van der Waals surface area contributed by atoms with Gasteiger partial charge in [-0.1, -0.05) is 11.6 Å². The third-order valence-electron chi connectivity index (χ3n) is 4.58. The molecule has 2 aromatic rings. The molecule has 3 rings (SSSR count). The number of halogens is 1. The van der Waals surface area contributed by atoms with E-state index in [0.717, 1.165) is 35.7 Å². The molecule has 156 valence electrons. The van der Waals surface area contributed by atoms with Crippen LogP contribution < -0.4 is 4.72 Å². The first-order valence-corrected chi connectivity index (χ1v) is 13.3. The van der Waals surface area contributed by atoms with Gasteiger partial charge in [0.1, 0.15) is 0 Å². The summed E-state index contributed by atoms with van der Waals surface area (Å²) >= 11 is 8.86. The molecule has 0 aliphatic carbocycles. The van der Waals surface area contributed by atoms with E-state index in [9.17, 15) is 13.2 Å². The van der Waals surface area contributed by atoms with E-state index in [2.05, 4.69) is 4.72 Å². The van der Waals surface area contributed by atoms with Crippen molar-refractivity contribution in [2.24, 2.45) is 0 Å². The minimum atomic E-state index is -3.69. The van der Waals surface area contributed by atoms with Gasteiger partial charge in [0.25, 0.3) is 5.91 Å². The number of sulfonamides is 1. The highest BCUT2D eigenvalue weighted by atomic mass is 35.5. The number of carbonyl (C=O) groups is 1. The average molecular weight is 471 g/mol. The maximum absolute atomic E-state index is 12.8. The van der Waals surface area contributed by atoms with E-state index in [1.807, 2.05) is 18.4 Å².